The number of benzene rings is 3. The average molecular weight is 630 g/mol. The molecule has 0 fully saturated rings. The number of aromatic hydroxyl groups is 1. The second-order valence-corrected chi connectivity index (χ2v) is 10.9. The molecule has 12 heteroatoms. The van der Waals surface area contributed by atoms with Crippen LogP contribution in [0.1, 0.15) is 49.3 Å². The van der Waals surface area contributed by atoms with Gasteiger partial charge in [0, 0.05) is 32.1 Å². The number of guanidine groups is 1. The third-order valence-corrected chi connectivity index (χ3v) is 6.97. The lowest BCUT2D eigenvalue weighted by atomic mass is 9.90. The van der Waals surface area contributed by atoms with E-state index in [-0.39, 0.29) is 67.9 Å². The van der Waals surface area contributed by atoms with Crippen LogP contribution in [0.2, 0.25) is 0 Å². The van der Waals surface area contributed by atoms with Crippen molar-refractivity contribution in [3.05, 3.63) is 102 Å². The number of nitrogens with one attached hydrogen (secondary N) is 5. The summed E-state index contributed by atoms with van der Waals surface area (Å²) in [6.45, 7) is 4.44. The number of hydrogen-bond acceptors (Lipinski definition) is 6. The number of aliphatic imine (C=N–C) groups is 1. The SMILES string of the molecule is CC(C)C(=O)NCCNC(=O)NC(N)=NCCC[C@@H](NC(=O)C(c1ccccc1)c1ccccc1)C(=O)NCc1ccc(O)cc1. The van der Waals surface area contributed by atoms with Crippen LogP contribution in [0.3, 0.4) is 0 Å². The highest BCUT2D eigenvalue weighted by atomic mass is 16.3. The summed E-state index contributed by atoms with van der Waals surface area (Å²) in [5.74, 6) is -1.57. The number of phenolic OH excluding ortho intramolecular Hbond substituents is 1. The van der Waals surface area contributed by atoms with Crippen molar-refractivity contribution in [3.63, 3.8) is 0 Å². The van der Waals surface area contributed by atoms with Crippen molar-refractivity contribution >= 4 is 29.7 Å². The number of nitrogens with zero attached hydrogens (tertiary/aromatic N) is 1. The monoisotopic (exact) mass is 629 g/mol. The van der Waals surface area contributed by atoms with Crippen molar-refractivity contribution in [3.8, 4) is 5.75 Å². The van der Waals surface area contributed by atoms with Gasteiger partial charge < -0.3 is 32.1 Å². The maximum atomic E-state index is 13.8. The van der Waals surface area contributed by atoms with E-state index in [0.717, 1.165) is 16.7 Å². The Morgan fingerprint density at radius 1 is 0.761 bits per heavy atom. The zero-order chi connectivity index (χ0) is 33.3. The van der Waals surface area contributed by atoms with Crippen molar-refractivity contribution in [2.75, 3.05) is 19.6 Å². The summed E-state index contributed by atoms with van der Waals surface area (Å²) in [6.07, 6.45) is 0.631. The van der Waals surface area contributed by atoms with E-state index < -0.39 is 18.0 Å². The Balaban J connectivity index is 1.62. The highest BCUT2D eigenvalue weighted by Crippen LogP contribution is 2.25. The minimum Gasteiger partial charge on any atom is -0.508 e. The second-order valence-electron chi connectivity index (χ2n) is 10.9. The molecular weight excluding hydrogens is 586 g/mol. The molecule has 8 N–H and O–H groups in total. The van der Waals surface area contributed by atoms with Gasteiger partial charge in [-0.05, 0) is 41.7 Å². The van der Waals surface area contributed by atoms with Crippen LogP contribution in [0.15, 0.2) is 89.9 Å². The number of urea groups is 1. The summed E-state index contributed by atoms with van der Waals surface area (Å²) in [4.78, 5) is 55.0. The number of nitrogens with two attached hydrogens (primary N) is 1. The molecule has 244 valence electrons. The predicted octanol–water partition coefficient (Wildman–Crippen LogP) is 2.49. The van der Waals surface area contributed by atoms with Crippen LogP contribution in [0.5, 0.6) is 5.75 Å². The van der Waals surface area contributed by atoms with Gasteiger partial charge in [0.05, 0.1) is 5.92 Å². The predicted molar refractivity (Wildman–Crippen MR) is 177 cm³/mol. The Hall–Kier alpha value is -5.39. The third kappa shape index (κ3) is 11.9. The summed E-state index contributed by atoms with van der Waals surface area (Å²) in [5, 5.41) is 23.1. The molecule has 0 bridgehead atoms. The molecule has 0 spiro atoms. The quantitative estimate of drug-likeness (QED) is 0.0769. The average Bonchev–Trinajstić information content (AvgIpc) is 3.05. The molecule has 0 saturated heterocycles. The van der Waals surface area contributed by atoms with E-state index in [1.54, 1.807) is 26.0 Å². The molecule has 0 aliphatic carbocycles. The van der Waals surface area contributed by atoms with Crippen LogP contribution in [-0.2, 0) is 20.9 Å². The summed E-state index contributed by atoms with van der Waals surface area (Å²) in [7, 11) is 0. The number of carbonyl (C=O) groups is 4. The molecular formula is C34H43N7O5. The second kappa shape index (κ2) is 18.4. The maximum Gasteiger partial charge on any atom is 0.321 e. The first-order chi connectivity index (χ1) is 22.1. The first-order valence-electron chi connectivity index (χ1n) is 15.2. The fraction of sp³-hybridized carbons (Fsp3) is 0.324. The van der Waals surface area contributed by atoms with Gasteiger partial charge in [0.2, 0.25) is 17.7 Å². The lowest BCUT2D eigenvalue weighted by molar-refractivity contribution is -0.129. The van der Waals surface area contributed by atoms with Gasteiger partial charge in [-0.15, -0.1) is 0 Å². The van der Waals surface area contributed by atoms with Crippen molar-refractivity contribution in [1.29, 1.82) is 0 Å². The fourth-order valence-electron chi connectivity index (χ4n) is 4.50. The summed E-state index contributed by atoms with van der Waals surface area (Å²) in [5.41, 5.74) is 8.22. The maximum absolute atomic E-state index is 13.8. The summed E-state index contributed by atoms with van der Waals surface area (Å²) < 4.78 is 0. The van der Waals surface area contributed by atoms with Gasteiger partial charge in [-0.2, -0.15) is 0 Å². The van der Waals surface area contributed by atoms with E-state index in [9.17, 15) is 24.3 Å². The summed E-state index contributed by atoms with van der Waals surface area (Å²) >= 11 is 0. The van der Waals surface area contributed by atoms with Crippen LogP contribution in [-0.4, -0.2) is 60.5 Å². The van der Waals surface area contributed by atoms with Gasteiger partial charge in [0.15, 0.2) is 5.96 Å². The molecule has 0 aliphatic rings. The van der Waals surface area contributed by atoms with Crippen molar-refractivity contribution < 1.29 is 24.3 Å². The molecule has 0 radical (unpaired) electrons. The molecule has 5 amide bonds. The van der Waals surface area contributed by atoms with E-state index >= 15 is 0 Å². The summed E-state index contributed by atoms with van der Waals surface area (Å²) in [6, 6.07) is 23.7. The van der Waals surface area contributed by atoms with Crippen molar-refractivity contribution in [2.45, 2.75) is 45.2 Å². The highest BCUT2D eigenvalue weighted by molar-refractivity contribution is 5.95. The Morgan fingerprint density at radius 2 is 1.35 bits per heavy atom. The molecule has 0 unspecified atom stereocenters. The molecule has 3 aromatic rings. The van der Waals surface area contributed by atoms with E-state index in [4.69, 9.17) is 5.73 Å². The lowest BCUT2D eigenvalue weighted by Crippen LogP contribution is -2.48. The zero-order valence-electron chi connectivity index (χ0n) is 26.2. The van der Waals surface area contributed by atoms with Gasteiger partial charge in [-0.25, -0.2) is 4.79 Å². The number of rotatable bonds is 15. The smallest absolute Gasteiger partial charge is 0.321 e. The molecule has 1 atom stereocenters. The Bertz CT molecular complexity index is 1410. The Morgan fingerprint density at radius 3 is 1.93 bits per heavy atom. The molecule has 3 rings (SSSR count). The van der Waals surface area contributed by atoms with Gasteiger partial charge >= 0.3 is 6.03 Å². The van der Waals surface area contributed by atoms with E-state index in [2.05, 4.69) is 31.6 Å². The van der Waals surface area contributed by atoms with E-state index in [1.165, 1.54) is 12.1 Å². The zero-order valence-corrected chi connectivity index (χ0v) is 26.2. The van der Waals surface area contributed by atoms with E-state index in [0.29, 0.717) is 6.42 Å². The van der Waals surface area contributed by atoms with Crippen LogP contribution < -0.4 is 32.3 Å². The standard InChI is InChI=1S/C34H43N7O5/c1-23(2)30(43)36-20-21-38-34(46)41-33(35)37-19-9-14-28(31(44)39-22-24-15-17-27(42)18-16-24)40-32(45)29(25-10-5-3-6-11-25)26-12-7-4-8-13-26/h3-8,10-13,15-18,23,28-29,42H,9,14,19-22H2,1-2H3,(H,36,43)(H,39,44)(H,40,45)(H4,35,37,38,41,46)/t28-/m1/s1. The van der Waals surface area contributed by atoms with Crippen LogP contribution in [0.4, 0.5) is 4.79 Å². The molecule has 0 aromatic heterocycles. The normalized spacial score (nSPS) is 11.9. The van der Waals surface area contributed by atoms with Gasteiger partial charge in [-0.3, -0.25) is 24.7 Å². The molecule has 3 aromatic carbocycles. The minimum atomic E-state index is -0.881. The molecule has 0 heterocycles. The van der Waals surface area contributed by atoms with Crippen LogP contribution in [0.25, 0.3) is 0 Å². The van der Waals surface area contributed by atoms with Crippen molar-refractivity contribution in [1.82, 2.24) is 26.6 Å². The van der Waals surface area contributed by atoms with Gasteiger partial charge in [0.1, 0.15) is 11.8 Å². The van der Waals surface area contributed by atoms with Crippen LogP contribution >= 0.6 is 0 Å². The first-order valence-corrected chi connectivity index (χ1v) is 15.2. The molecule has 12 nitrogen and oxygen atoms in total. The van der Waals surface area contributed by atoms with Crippen LogP contribution in [0, 0.1) is 5.92 Å². The highest BCUT2D eigenvalue weighted by Gasteiger charge is 2.27. The topological polar surface area (TPSA) is 187 Å². The Kier molecular flexibility index (Phi) is 14.1. The molecule has 46 heavy (non-hydrogen) atoms. The number of phenols is 1. The largest absolute Gasteiger partial charge is 0.508 e. The lowest BCUT2D eigenvalue weighted by Gasteiger charge is -2.23. The Labute approximate surface area is 269 Å². The molecule has 0 aliphatic heterocycles. The minimum absolute atomic E-state index is 0.102. The third-order valence-electron chi connectivity index (χ3n) is 6.97. The van der Waals surface area contributed by atoms with Crippen molar-refractivity contribution in [2.24, 2.45) is 16.6 Å². The number of carbonyl (C=O) groups excluding carboxylic acids is 4. The molecule has 0 saturated carbocycles. The van der Waals surface area contributed by atoms with Gasteiger partial charge in [-0.1, -0.05) is 86.6 Å². The number of hydrogen-bond donors (Lipinski definition) is 7. The number of amides is 5. The first kappa shape index (κ1) is 35.1. The van der Waals surface area contributed by atoms with Gasteiger partial charge in [0.25, 0.3) is 0 Å². The fourth-order valence-corrected chi connectivity index (χ4v) is 4.50. The van der Waals surface area contributed by atoms with E-state index in [1.807, 2.05) is 60.7 Å².